The van der Waals surface area contributed by atoms with Gasteiger partial charge < -0.3 is 5.73 Å². The molecule has 0 saturated carbocycles. The third-order valence-electron chi connectivity index (χ3n) is 5.35. The molecule has 3 heterocycles. The summed E-state index contributed by atoms with van der Waals surface area (Å²) < 4.78 is 2.08. The van der Waals surface area contributed by atoms with Gasteiger partial charge >= 0.3 is 0 Å². The SMILES string of the molecule is CCn1nc(-c2ccccc2)nc1C1CCCN(Cc2cnc(N)nc2)CC1. The number of nitrogens with zero attached hydrogens (tertiary/aromatic N) is 6. The number of aryl methyl sites for hydroxylation is 1. The van der Waals surface area contributed by atoms with Gasteiger partial charge in [-0.1, -0.05) is 30.3 Å². The maximum absolute atomic E-state index is 5.59. The molecule has 2 N–H and O–H groups in total. The normalized spacial score (nSPS) is 18.1. The van der Waals surface area contributed by atoms with Crippen molar-refractivity contribution < 1.29 is 0 Å². The second-order valence-corrected chi connectivity index (χ2v) is 7.33. The van der Waals surface area contributed by atoms with Crippen molar-refractivity contribution in [2.45, 2.75) is 45.2 Å². The maximum Gasteiger partial charge on any atom is 0.219 e. The minimum absolute atomic E-state index is 0.327. The first-order valence-corrected chi connectivity index (χ1v) is 10.0. The Bertz CT molecular complexity index is 889. The Labute approximate surface area is 165 Å². The Morgan fingerprint density at radius 3 is 2.61 bits per heavy atom. The van der Waals surface area contributed by atoms with Crippen LogP contribution in [0.1, 0.15) is 43.5 Å². The number of aromatic nitrogens is 5. The van der Waals surface area contributed by atoms with E-state index in [0.29, 0.717) is 11.9 Å². The van der Waals surface area contributed by atoms with Gasteiger partial charge in [0.25, 0.3) is 0 Å². The summed E-state index contributed by atoms with van der Waals surface area (Å²) in [5.74, 6) is 2.72. The minimum atomic E-state index is 0.327. The zero-order valence-corrected chi connectivity index (χ0v) is 16.3. The van der Waals surface area contributed by atoms with Crippen LogP contribution >= 0.6 is 0 Å². The highest BCUT2D eigenvalue weighted by Crippen LogP contribution is 2.29. The molecule has 4 rings (SSSR count). The average molecular weight is 377 g/mol. The summed E-state index contributed by atoms with van der Waals surface area (Å²) in [5, 5.41) is 4.76. The van der Waals surface area contributed by atoms with Gasteiger partial charge in [0.2, 0.25) is 5.95 Å². The number of benzene rings is 1. The van der Waals surface area contributed by atoms with Crippen LogP contribution < -0.4 is 5.73 Å². The van der Waals surface area contributed by atoms with E-state index in [2.05, 4.69) is 38.6 Å². The number of likely N-dealkylation sites (tertiary alicyclic amines) is 1. The van der Waals surface area contributed by atoms with E-state index in [-0.39, 0.29) is 0 Å². The largest absolute Gasteiger partial charge is 0.368 e. The van der Waals surface area contributed by atoms with Crippen LogP contribution in [0.15, 0.2) is 42.7 Å². The van der Waals surface area contributed by atoms with E-state index in [9.17, 15) is 0 Å². The molecule has 1 aromatic carbocycles. The quantitative estimate of drug-likeness (QED) is 0.735. The van der Waals surface area contributed by atoms with Gasteiger partial charge in [0, 0.05) is 42.5 Å². The third kappa shape index (κ3) is 4.20. The van der Waals surface area contributed by atoms with E-state index in [0.717, 1.165) is 68.2 Å². The fourth-order valence-corrected chi connectivity index (χ4v) is 3.88. The van der Waals surface area contributed by atoms with Crippen LogP contribution in [0.4, 0.5) is 5.95 Å². The molecule has 0 radical (unpaired) electrons. The molecular formula is C21H27N7. The van der Waals surface area contributed by atoms with Gasteiger partial charge in [-0.15, -0.1) is 0 Å². The highest BCUT2D eigenvalue weighted by atomic mass is 15.3. The first kappa shape index (κ1) is 18.6. The topological polar surface area (TPSA) is 85.8 Å². The average Bonchev–Trinajstić information content (AvgIpc) is 3.03. The van der Waals surface area contributed by atoms with Crippen LogP contribution in [0.5, 0.6) is 0 Å². The first-order valence-electron chi connectivity index (χ1n) is 10.0. The van der Waals surface area contributed by atoms with Crippen LogP contribution in [-0.2, 0) is 13.1 Å². The summed E-state index contributed by atoms with van der Waals surface area (Å²) in [4.78, 5) is 15.6. The van der Waals surface area contributed by atoms with E-state index in [1.165, 1.54) is 0 Å². The van der Waals surface area contributed by atoms with Crippen molar-refractivity contribution in [3.63, 3.8) is 0 Å². The molecule has 2 aromatic heterocycles. The Morgan fingerprint density at radius 1 is 1.07 bits per heavy atom. The monoisotopic (exact) mass is 377 g/mol. The van der Waals surface area contributed by atoms with Gasteiger partial charge in [-0.25, -0.2) is 19.6 Å². The molecular weight excluding hydrogens is 350 g/mol. The van der Waals surface area contributed by atoms with Crippen LogP contribution in [0.2, 0.25) is 0 Å². The van der Waals surface area contributed by atoms with Crippen molar-refractivity contribution in [3.05, 3.63) is 54.1 Å². The second kappa shape index (κ2) is 8.48. The molecule has 1 fully saturated rings. The van der Waals surface area contributed by atoms with Crippen molar-refractivity contribution in [3.8, 4) is 11.4 Å². The third-order valence-corrected chi connectivity index (χ3v) is 5.35. The molecule has 0 spiro atoms. The fourth-order valence-electron chi connectivity index (χ4n) is 3.88. The zero-order chi connectivity index (χ0) is 19.3. The summed E-state index contributed by atoms with van der Waals surface area (Å²) in [6, 6.07) is 10.2. The fraction of sp³-hybridized carbons (Fsp3) is 0.429. The Hall–Kier alpha value is -2.80. The van der Waals surface area contributed by atoms with E-state index < -0.39 is 0 Å². The van der Waals surface area contributed by atoms with Crippen LogP contribution in [0.3, 0.4) is 0 Å². The predicted octanol–water partition coefficient (Wildman–Crippen LogP) is 3.11. The summed E-state index contributed by atoms with van der Waals surface area (Å²) in [7, 11) is 0. The molecule has 1 unspecified atom stereocenters. The molecule has 7 heteroatoms. The van der Waals surface area contributed by atoms with Crippen LogP contribution in [-0.4, -0.2) is 42.7 Å². The lowest BCUT2D eigenvalue weighted by Gasteiger charge is -2.19. The Morgan fingerprint density at radius 2 is 1.86 bits per heavy atom. The van der Waals surface area contributed by atoms with Gasteiger partial charge in [-0.05, 0) is 39.3 Å². The molecule has 1 atom stereocenters. The standard InChI is InChI=1S/C21H27N7/c1-2-28-20(25-19(26-28)17-7-4-3-5-8-17)18-9-6-11-27(12-10-18)15-16-13-23-21(22)24-14-16/h3-5,7-8,13-14,18H,2,6,9-12,15H2,1H3,(H2,22,23,24). The predicted molar refractivity (Wildman–Crippen MR) is 109 cm³/mol. The van der Waals surface area contributed by atoms with Crippen molar-refractivity contribution in [2.24, 2.45) is 0 Å². The van der Waals surface area contributed by atoms with E-state index in [1.54, 1.807) is 0 Å². The summed E-state index contributed by atoms with van der Waals surface area (Å²) >= 11 is 0. The molecule has 7 nitrogen and oxygen atoms in total. The molecule has 3 aromatic rings. The van der Waals surface area contributed by atoms with E-state index in [1.807, 2.05) is 30.6 Å². The summed E-state index contributed by atoms with van der Waals surface area (Å²) in [6.45, 7) is 5.96. The molecule has 0 amide bonds. The van der Waals surface area contributed by atoms with Gasteiger partial charge in [-0.3, -0.25) is 4.90 Å². The lowest BCUT2D eigenvalue weighted by atomic mass is 10.00. The van der Waals surface area contributed by atoms with Gasteiger partial charge in [0.15, 0.2) is 5.82 Å². The Kier molecular flexibility index (Phi) is 5.62. The van der Waals surface area contributed by atoms with Crippen LogP contribution in [0.25, 0.3) is 11.4 Å². The second-order valence-electron chi connectivity index (χ2n) is 7.33. The number of hydrogen-bond donors (Lipinski definition) is 1. The van der Waals surface area contributed by atoms with E-state index in [4.69, 9.17) is 15.8 Å². The summed E-state index contributed by atoms with van der Waals surface area (Å²) in [6.07, 6.45) is 7.03. The van der Waals surface area contributed by atoms with Crippen molar-refractivity contribution in [1.29, 1.82) is 0 Å². The lowest BCUT2D eigenvalue weighted by molar-refractivity contribution is 0.274. The van der Waals surface area contributed by atoms with Gasteiger partial charge in [-0.2, -0.15) is 5.10 Å². The minimum Gasteiger partial charge on any atom is -0.368 e. The number of nitrogen functional groups attached to an aromatic ring is 1. The van der Waals surface area contributed by atoms with Gasteiger partial charge in [0.05, 0.1) is 0 Å². The highest BCUT2D eigenvalue weighted by molar-refractivity contribution is 5.54. The summed E-state index contributed by atoms with van der Waals surface area (Å²) in [5.41, 5.74) is 7.77. The zero-order valence-electron chi connectivity index (χ0n) is 16.3. The van der Waals surface area contributed by atoms with Crippen molar-refractivity contribution in [2.75, 3.05) is 18.8 Å². The van der Waals surface area contributed by atoms with E-state index >= 15 is 0 Å². The number of rotatable bonds is 5. The molecule has 1 aliphatic heterocycles. The molecule has 1 saturated heterocycles. The highest BCUT2D eigenvalue weighted by Gasteiger charge is 2.24. The van der Waals surface area contributed by atoms with Crippen molar-refractivity contribution in [1.82, 2.24) is 29.6 Å². The molecule has 28 heavy (non-hydrogen) atoms. The van der Waals surface area contributed by atoms with Crippen molar-refractivity contribution >= 4 is 5.95 Å². The first-order chi connectivity index (χ1) is 13.7. The Balaban J connectivity index is 1.46. The lowest BCUT2D eigenvalue weighted by Crippen LogP contribution is -2.24. The molecule has 1 aliphatic rings. The maximum atomic E-state index is 5.59. The number of anilines is 1. The van der Waals surface area contributed by atoms with Gasteiger partial charge in [0.1, 0.15) is 5.82 Å². The number of hydrogen-bond acceptors (Lipinski definition) is 6. The molecule has 0 aliphatic carbocycles. The number of nitrogens with two attached hydrogens (primary N) is 1. The molecule has 146 valence electrons. The smallest absolute Gasteiger partial charge is 0.219 e. The molecule has 0 bridgehead atoms. The van der Waals surface area contributed by atoms with Crippen LogP contribution in [0, 0.1) is 0 Å².